The van der Waals surface area contributed by atoms with Crippen molar-refractivity contribution < 1.29 is 17.9 Å². The molecule has 0 saturated heterocycles. The quantitative estimate of drug-likeness (QED) is 0.596. The smallest absolute Gasteiger partial charge is 0.416 e. The molecular formula is C13H18F3NOS. The number of nitrogens with two attached hydrogens (primary N) is 1. The van der Waals surface area contributed by atoms with Gasteiger partial charge in [0.2, 0.25) is 0 Å². The summed E-state index contributed by atoms with van der Waals surface area (Å²) in [7, 11) is 0. The van der Waals surface area contributed by atoms with E-state index in [1.54, 1.807) is 0 Å². The fraction of sp³-hybridized carbons (Fsp3) is 0.538. The van der Waals surface area contributed by atoms with E-state index >= 15 is 0 Å². The van der Waals surface area contributed by atoms with E-state index in [1.807, 2.05) is 0 Å². The first-order valence-corrected chi connectivity index (χ1v) is 6.73. The van der Waals surface area contributed by atoms with Crippen LogP contribution in [0.15, 0.2) is 24.3 Å². The van der Waals surface area contributed by atoms with Crippen LogP contribution in [0, 0.1) is 0 Å². The molecule has 0 fully saturated rings. The van der Waals surface area contributed by atoms with Crippen LogP contribution in [0.5, 0.6) is 5.75 Å². The Kier molecular flexibility index (Phi) is 6.51. The maximum Gasteiger partial charge on any atom is 0.416 e. The van der Waals surface area contributed by atoms with Crippen molar-refractivity contribution in [3.8, 4) is 5.75 Å². The second kappa shape index (κ2) is 7.65. The Morgan fingerprint density at radius 1 is 1.26 bits per heavy atom. The van der Waals surface area contributed by atoms with Crippen LogP contribution in [-0.2, 0) is 6.18 Å². The lowest BCUT2D eigenvalue weighted by atomic mass is 10.1. The summed E-state index contributed by atoms with van der Waals surface area (Å²) in [6, 6.07) is 4.97. The van der Waals surface area contributed by atoms with E-state index in [0.29, 0.717) is 12.4 Å². The third-order valence-corrected chi connectivity index (χ3v) is 3.10. The number of benzene rings is 1. The summed E-state index contributed by atoms with van der Waals surface area (Å²) in [5.41, 5.74) is 5.00. The van der Waals surface area contributed by atoms with Crippen molar-refractivity contribution in [3.63, 3.8) is 0 Å². The molecule has 0 spiro atoms. The Hall–Kier alpha value is -0.880. The van der Waals surface area contributed by atoms with Gasteiger partial charge in [-0.05, 0) is 37.5 Å². The number of hydrogen-bond donors (Lipinski definition) is 2. The third-order valence-electron chi connectivity index (χ3n) is 2.63. The van der Waals surface area contributed by atoms with Gasteiger partial charge in [0, 0.05) is 11.8 Å². The van der Waals surface area contributed by atoms with E-state index in [1.165, 1.54) is 12.1 Å². The van der Waals surface area contributed by atoms with Crippen LogP contribution >= 0.6 is 12.6 Å². The van der Waals surface area contributed by atoms with Gasteiger partial charge in [0.05, 0.1) is 12.2 Å². The number of ether oxygens (including phenoxy) is 1. The average Bonchev–Trinajstić information content (AvgIpc) is 2.37. The van der Waals surface area contributed by atoms with Gasteiger partial charge in [-0.2, -0.15) is 25.8 Å². The first-order valence-electron chi connectivity index (χ1n) is 6.10. The summed E-state index contributed by atoms with van der Waals surface area (Å²) in [5.74, 6) is 0.877. The molecule has 0 aliphatic heterocycles. The minimum absolute atomic E-state index is 0.0666. The molecule has 1 aromatic rings. The molecular weight excluding hydrogens is 275 g/mol. The van der Waals surface area contributed by atoms with Gasteiger partial charge in [0.15, 0.2) is 0 Å². The van der Waals surface area contributed by atoms with E-state index in [4.69, 9.17) is 10.5 Å². The Morgan fingerprint density at radius 2 is 2.00 bits per heavy atom. The van der Waals surface area contributed by atoms with Crippen LogP contribution in [0.4, 0.5) is 13.2 Å². The Labute approximate surface area is 116 Å². The Balaban J connectivity index is 2.34. The third kappa shape index (κ3) is 6.20. The van der Waals surface area contributed by atoms with Crippen LogP contribution in [0.1, 0.15) is 24.8 Å². The van der Waals surface area contributed by atoms with Gasteiger partial charge in [-0.15, -0.1) is 0 Å². The van der Waals surface area contributed by atoms with Gasteiger partial charge in [0.1, 0.15) is 5.75 Å². The summed E-state index contributed by atoms with van der Waals surface area (Å²) in [4.78, 5) is 0. The molecule has 1 aromatic carbocycles. The van der Waals surface area contributed by atoms with Crippen LogP contribution in [0.25, 0.3) is 0 Å². The zero-order valence-corrected chi connectivity index (χ0v) is 11.4. The lowest BCUT2D eigenvalue weighted by Gasteiger charge is -2.11. The molecule has 0 heterocycles. The lowest BCUT2D eigenvalue weighted by Crippen LogP contribution is -2.21. The van der Waals surface area contributed by atoms with Crippen LogP contribution < -0.4 is 10.5 Å². The molecule has 2 N–H and O–H groups in total. The molecule has 6 heteroatoms. The van der Waals surface area contributed by atoms with Gasteiger partial charge < -0.3 is 10.5 Å². The Bertz CT molecular complexity index is 384. The molecule has 0 bridgehead atoms. The molecule has 0 unspecified atom stereocenters. The van der Waals surface area contributed by atoms with Crippen molar-refractivity contribution >= 4 is 12.6 Å². The molecule has 0 amide bonds. The SMILES string of the molecule is N[C@H](CS)CCCCOc1cccc(C(F)(F)F)c1. The number of halogens is 3. The second-order valence-electron chi connectivity index (χ2n) is 4.31. The normalized spacial score (nSPS) is 13.3. The molecule has 1 rings (SSSR count). The minimum Gasteiger partial charge on any atom is -0.494 e. The zero-order valence-electron chi connectivity index (χ0n) is 10.5. The zero-order chi connectivity index (χ0) is 14.3. The lowest BCUT2D eigenvalue weighted by molar-refractivity contribution is -0.137. The van der Waals surface area contributed by atoms with Crippen molar-refractivity contribution in [3.05, 3.63) is 29.8 Å². The maximum atomic E-state index is 12.5. The summed E-state index contributed by atoms with van der Waals surface area (Å²) < 4.78 is 42.7. The highest BCUT2D eigenvalue weighted by atomic mass is 32.1. The van der Waals surface area contributed by atoms with Crippen molar-refractivity contribution in [2.45, 2.75) is 31.5 Å². The van der Waals surface area contributed by atoms with Gasteiger partial charge in [-0.1, -0.05) is 6.07 Å². The van der Waals surface area contributed by atoms with Gasteiger partial charge in [-0.25, -0.2) is 0 Å². The highest BCUT2D eigenvalue weighted by Gasteiger charge is 2.30. The minimum atomic E-state index is -4.33. The Morgan fingerprint density at radius 3 is 2.63 bits per heavy atom. The monoisotopic (exact) mass is 293 g/mol. The van der Waals surface area contributed by atoms with Crippen molar-refractivity contribution in [2.75, 3.05) is 12.4 Å². The average molecular weight is 293 g/mol. The maximum absolute atomic E-state index is 12.5. The summed E-state index contributed by atoms with van der Waals surface area (Å²) in [6.45, 7) is 0.389. The molecule has 19 heavy (non-hydrogen) atoms. The van der Waals surface area contributed by atoms with Crippen LogP contribution in [0.2, 0.25) is 0 Å². The number of thiol groups is 1. The van der Waals surface area contributed by atoms with Gasteiger partial charge in [-0.3, -0.25) is 0 Å². The predicted molar refractivity (Wildman–Crippen MR) is 72.6 cm³/mol. The van der Waals surface area contributed by atoms with E-state index in [9.17, 15) is 13.2 Å². The van der Waals surface area contributed by atoms with Gasteiger partial charge >= 0.3 is 6.18 Å². The van der Waals surface area contributed by atoms with E-state index in [2.05, 4.69) is 12.6 Å². The second-order valence-corrected chi connectivity index (χ2v) is 4.68. The molecule has 108 valence electrons. The first kappa shape index (κ1) is 16.2. The van der Waals surface area contributed by atoms with Crippen LogP contribution in [-0.4, -0.2) is 18.4 Å². The molecule has 2 nitrogen and oxygen atoms in total. The van der Waals surface area contributed by atoms with E-state index in [-0.39, 0.29) is 11.8 Å². The first-order chi connectivity index (χ1) is 8.93. The molecule has 0 aliphatic carbocycles. The van der Waals surface area contributed by atoms with Crippen molar-refractivity contribution in [2.24, 2.45) is 5.73 Å². The van der Waals surface area contributed by atoms with Crippen molar-refractivity contribution in [1.82, 2.24) is 0 Å². The fourth-order valence-corrected chi connectivity index (χ4v) is 1.73. The molecule has 0 aromatic heterocycles. The fourth-order valence-electron chi connectivity index (χ4n) is 1.55. The molecule has 0 aliphatic rings. The topological polar surface area (TPSA) is 35.2 Å². The highest BCUT2D eigenvalue weighted by molar-refractivity contribution is 7.80. The number of hydrogen-bond acceptors (Lipinski definition) is 3. The molecule has 1 atom stereocenters. The number of rotatable bonds is 7. The summed E-state index contributed by atoms with van der Waals surface area (Å²) in [5, 5.41) is 0. The molecule has 0 radical (unpaired) electrons. The summed E-state index contributed by atoms with van der Waals surface area (Å²) in [6.07, 6.45) is -1.85. The van der Waals surface area contributed by atoms with E-state index < -0.39 is 11.7 Å². The standard InChI is InChI=1S/C13H18F3NOS/c14-13(15,16)10-4-3-6-12(8-10)18-7-2-1-5-11(17)9-19/h3-4,6,8,11,19H,1-2,5,7,9,17H2/t11-/m0/s1. The highest BCUT2D eigenvalue weighted by Crippen LogP contribution is 2.31. The largest absolute Gasteiger partial charge is 0.494 e. The summed E-state index contributed by atoms with van der Waals surface area (Å²) >= 11 is 4.07. The van der Waals surface area contributed by atoms with E-state index in [0.717, 1.165) is 31.4 Å². The van der Waals surface area contributed by atoms with Gasteiger partial charge in [0.25, 0.3) is 0 Å². The van der Waals surface area contributed by atoms with Crippen molar-refractivity contribution in [1.29, 1.82) is 0 Å². The number of unbranched alkanes of at least 4 members (excludes halogenated alkanes) is 1. The number of alkyl halides is 3. The predicted octanol–water partition coefficient (Wildman–Crippen LogP) is 3.51. The molecule has 0 saturated carbocycles. The van der Waals surface area contributed by atoms with Crippen LogP contribution in [0.3, 0.4) is 0 Å².